The summed E-state index contributed by atoms with van der Waals surface area (Å²) in [5, 5.41) is 18.3. The first-order valence-electron chi connectivity index (χ1n) is 10.0. The van der Waals surface area contributed by atoms with Crippen LogP contribution in [0.15, 0.2) is 59.6 Å². The van der Waals surface area contributed by atoms with Crippen molar-refractivity contribution >= 4 is 27.4 Å². The van der Waals surface area contributed by atoms with E-state index in [2.05, 4.69) is 41.0 Å². The van der Waals surface area contributed by atoms with Gasteiger partial charge in [0.25, 0.3) is 0 Å². The molecule has 1 atom stereocenters. The number of nitrogens with zero attached hydrogens (tertiary/aromatic N) is 1. The fraction of sp³-hybridized carbons (Fsp3) is 0.348. The van der Waals surface area contributed by atoms with Crippen molar-refractivity contribution in [2.75, 3.05) is 19.7 Å². The minimum absolute atomic E-state index is 0.402. The lowest BCUT2D eigenvalue weighted by molar-refractivity contribution is 0.133. The van der Waals surface area contributed by atoms with Gasteiger partial charge in [0.1, 0.15) is 6.10 Å². The number of benzene rings is 2. The average molecular weight is 412 g/mol. The number of hydrogen-bond donors (Lipinski definition) is 3. The highest BCUT2D eigenvalue weighted by Crippen LogP contribution is 2.29. The van der Waals surface area contributed by atoms with Crippen molar-refractivity contribution in [2.45, 2.75) is 33.1 Å². The molecule has 1 aromatic heterocycles. The van der Waals surface area contributed by atoms with E-state index in [1.165, 1.54) is 4.70 Å². The van der Waals surface area contributed by atoms with Crippen molar-refractivity contribution in [1.29, 1.82) is 0 Å². The lowest BCUT2D eigenvalue weighted by Crippen LogP contribution is -2.39. The molecule has 0 saturated carbocycles. The molecule has 0 radical (unpaired) electrons. The van der Waals surface area contributed by atoms with E-state index in [-0.39, 0.29) is 0 Å². The van der Waals surface area contributed by atoms with Crippen LogP contribution in [0, 0.1) is 0 Å². The van der Waals surface area contributed by atoms with Gasteiger partial charge in [-0.3, -0.25) is 0 Å². The molecule has 3 N–H and O–H groups in total. The Hall–Kier alpha value is -2.41. The summed E-state index contributed by atoms with van der Waals surface area (Å²) in [4.78, 5) is 5.65. The maximum Gasteiger partial charge on any atom is 0.191 e. The van der Waals surface area contributed by atoms with E-state index in [4.69, 9.17) is 9.73 Å². The molecule has 3 rings (SSSR count). The van der Waals surface area contributed by atoms with Gasteiger partial charge >= 0.3 is 0 Å². The van der Waals surface area contributed by atoms with E-state index in [0.29, 0.717) is 32.3 Å². The maximum absolute atomic E-state index is 10.6. The summed E-state index contributed by atoms with van der Waals surface area (Å²) >= 11 is 1.63. The predicted molar refractivity (Wildman–Crippen MR) is 121 cm³/mol. The van der Waals surface area contributed by atoms with Gasteiger partial charge in [-0.2, -0.15) is 0 Å². The second kappa shape index (κ2) is 11.0. The summed E-state index contributed by atoms with van der Waals surface area (Å²) in [6.45, 7) is 7.02. The van der Waals surface area contributed by atoms with E-state index in [0.717, 1.165) is 27.9 Å². The van der Waals surface area contributed by atoms with Crippen molar-refractivity contribution in [3.8, 4) is 0 Å². The number of aliphatic hydroxyl groups is 1. The Morgan fingerprint density at radius 3 is 2.59 bits per heavy atom. The molecule has 0 saturated heterocycles. The van der Waals surface area contributed by atoms with E-state index >= 15 is 0 Å². The third-order valence-corrected chi connectivity index (χ3v) is 5.79. The highest BCUT2D eigenvalue weighted by molar-refractivity contribution is 7.19. The molecule has 5 nitrogen and oxygen atoms in total. The molecule has 0 aliphatic carbocycles. The van der Waals surface area contributed by atoms with Crippen LogP contribution in [0.25, 0.3) is 10.1 Å². The molecule has 1 unspecified atom stereocenters. The Morgan fingerprint density at radius 1 is 1.07 bits per heavy atom. The van der Waals surface area contributed by atoms with E-state index in [1.807, 2.05) is 38.1 Å². The number of thiophene rings is 1. The maximum atomic E-state index is 10.6. The lowest BCUT2D eigenvalue weighted by Gasteiger charge is -2.15. The first-order chi connectivity index (χ1) is 14.2. The molecule has 154 valence electrons. The van der Waals surface area contributed by atoms with Gasteiger partial charge in [-0.05, 0) is 42.5 Å². The molecule has 0 amide bonds. The van der Waals surface area contributed by atoms with Crippen LogP contribution < -0.4 is 10.6 Å². The van der Waals surface area contributed by atoms with Crippen LogP contribution in [0.3, 0.4) is 0 Å². The largest absolute Gasteiger partial charge is 0.386 e. The molecule has 0 fully saturated rings. The summed E-state index contributed by atoms with van der Waals surface area (Å²) in [7, 11) is 0. The van der Waals surface area contributed by atoms with Crippen molar-refractivity contribution < 1.29 is 9.84 Å². The van der Waals surface area contributed by atoms with Gasteiger partial charge in [-0.1, -0.05) is 42.5 Å². The standard InChI is InChI=1S/C23H29N3O2S/c1-3-24-23(25-14-18-10-5-6-11-19(18)16-28-4-2)26-15-20(27)22-13-17-9-7-8-12-21(17)29-22/h5-13,20,27H,3-4,14-16H2,1-2H3,(H2,24,25,26). The number of rotatable bonds is 9. The lowest BCUT2D eigenvalue weighted by atomic mass is 10.1. The smallest absolute Gasteiger partial charge is 0.191 e. The van der Waals surface area contributed by atoms with Gasteiger partial charge in [0.05, 0.1) is 13.2 Å². The zero-order valence-corrected chi connectivity index (χ0v) is 17.8. The second-order valence-corrected chi connectivity index (χ2v) is 7.80. The van der Waals surface area contributed by atoms with Crippen molar-refractivity contribution in [1.82, 2.24) is 10.6 Å². The van der Waals surface area contributed by atoms with Gasteiger partial charge in [0, 0.05) is 29.3 Å². The molecular weight excluding hydrogens is 382 g/mol. The van der Waals surface area contributed by atoms with Gasteiger partial charge in [-0.15, -0.1) is 11.3 Å². The van der Waals surface area contributed by atoms with E-state index in [9.17, 15) is 5.11 Å². The molecule has 0 aliphatic heterocycles. The summed E-state index contributed by atoms with van der Waals surface area (Å²) in [5.74, 6) is 0.693. The van der Waals surface area contributed by atoms with Gasteiger partial charge in [-0.25, -0.2) is 4.99 Å². The quantitative estimate of drug-likeness (QED) is 0.364. The summed E-state index contributed by atoms with van der Waals surface area (Å²) in [5.41, 5.74) is 2.29. The predicted octanol–water partition coefficient (Wildman–Crippen LogP) is 4.23. The van der Waals surface area contributed by atoms with Gasteiger partial charge in [0.15, 0.2) is 5.96 Å². The molecule has 6 heteroatoms. The minimum atomic E-state index is -0.582. The zero-order chi connectivity index (χ0) is 20.5. The van der Waals surface area contributed by atoms with Gasteiger partial charge in [0.2, 0.25) is 0 Å². The number of aliphatic hydroxyl groups excluding tert-OH is 1. The third-order valence-electron chi connectivity index (χ3n) is 4.57. The second-order valence-electron chi connectivity index (χ2n) is 6.68. The number of guanidine groups is 1. The van der Waals surface area contributed by atoms with Crippen LogP contribution in [0.5, 0.6) is 0 Å². The molecule has 29 heavy (non-hydrogen) atoms. The number of ether oxygens (including phenoxy) is 1. The number of aliphatic imine (C=N–C) groups is 1. The van der Waals surface area contributed by atoms with Crippen molar-refractivity contribution in [3.05, 3.63) is 70.6 Å². The molecular formula is C23H29N3O2S. The molecule has 2 aromatic carbocycles. The SMILES string of the molecule is CCNC(=NCc1ccccc1COCC)NCC(O)c1cc2ccccc2s1. The minimum Gasteiger partial charge on any atom is -0.386 e. The van der Waals surface area contributed by atoms with Crippen LogP contribution in [-0.4, -0.2) is 30.8 Å². The Morgan fingerprint density at radius 2 is 1.83 bits per heavy atom. The molecule has 3 aromatic rings. The van der Waals surface area contributed by atoms with Gasteiger partial charge < -0.3 is 20.5 Å². The third kappa shape index (κ3) is 6.03. The van der Waals surface area contributed by atoms with Crippen LogP contribution in [0.1, 0.15) is 36.0 Å². The van der Waals surface area contributed by atoms with E-state index in [1.54, 1.807) is 11.3 Å². The average Bonchev–Trinajstić information content (AvgIpc) is 3.19. The number of hydrogen-bond acceptors (Lipinski definition) is 4. The van der Waals surface area contributed by atoms with Crippen molar-refractivity contribution in [2.24, 2.45) is 4.99 Å². The van der Waals surface area contributed by atoms with Crippen LogP contribution in [0.4, 0.5) is 0 Å². The number of nitrogens with one attached hydrogen (secondary N) is 2. The fourth-order valence-corrected chi connectivity index (χ4v) is 4.08. The first kappa shape index (κ1) is 21.3. The van der Waals surface area contributed by atoms with Crippen LogP contribution in [-0.2, 0) is 17.9 Å². The molecule has 0 aliphatic rings. The monoisotopic (exact) mass is 411 g/mol. The fourth-order valence-electron chi connectivity index (χ4n) is 3.03. The Bertz CT molecular complexity index is 906. The summed E-state index contributed by atoms with van der Waals surface area (Å²) in [6.07, 6.45) is -0.582. The van der Waals surface area contributed by atoms with Crippen LogP contribution >= 0.6 is 11.3 Å². The normalized spacial score (nSPS) is 12.9. The summed E-state index contributed by atoms with van der Waals surface area (Å²) in [6, 6.07) is 18.4. The zero-order valence-electron chi connectivity index (χ0n) is 17.0. The number of fused-ring (bicyclic) bond motifs is 1. The Balaban J connectivity index is 1.63. The molecule has 0 spiro atoms. The molecule has 1 heterocycles. The van der Waals surface area contributed by atoms with Crippen LogP contribution in [0.2, 0.25) is 0 Å². The highest BCUT2D eigenvalue weighted by atomic mass is 32.1. The Kier molecular flexibility index (Phi) is 8.04. The molecule has 0 bridgehead atoms. The topological polar surface area (TPSA) is 65.9 Å². The first-order valence-corrected chi connectivity index (χ1v) is 10.9. The summed E-state index contributed by atoms with van der Waals surface area (Å²) < 4.78 is 6.74. The van der Waals surface area contributed by atoms with Crippen molar-refractivity contribution in [3.63, 3.8) is 0 Å². The highest BCUT2D eigenvalue weighted by Gasteiger charge is 2.12. The Labute approximate surface area is 176 Å². The van der Waals surface area contributed by atoms with E-state index < -0.39 is 6.10 Å².